The second-order valence-corrected chi connectivity index (χ2v) is 5.21. The highest BCUT2D eigenvalue weighted by Crippen LogP contribution is 2.32. The second kappa shape index (κ2) is 5.86. The van der Waals surface area contributed by atoms with Gasteiger partial charge in [-0.3, -0.25) is 4.79 Å². The van der Waals surface area contributed by atoms with Crippen LogP contribution in [0.2, 0.25) is 10.2 Å². The fraction of sp³-hybridized carbons (Fsp3) is 0. The molecule has 0 saturated heterocycles. The van der Waals surface area contributed by atoms with Crippen LogP contribution in [0.1, 0.15) is 10.4 Å². The van der Waals surface area contributed by atoms with Crippen LogP contribution in [0.5, 0.6) is 0 Å². The lowest BCUT2D eigenvalue weighted by Crippen LogP contribution is -2.13. The normalized spacial score (nSPS) is 10.3. The number of anilines is 1. The number of nitrogens with zero attached hydrogens (tertiary/aromatic N) is 1. The predicted octanol–water partition coefficient (Wildman–Crippen LogP) is 4.54. The molecule has 0 unspecified atom stereocenters. The lowest BCUT2D eigenvalue weighted by atomic mass is 10.2. The van der Waals surface area contributed by atoms with E-state index in [2.05, 4.69) is 26.2 Å². The molecule has 0 radical (unpaired) electrons. The number of pyridine rings is 1. The van der Waals surface area contributed by atoms with Gasteiger partial charge in [-0.25, -0.2) is 9.37 Å². The third-order valence-corrected chi connectivity index (χ3v) is 3.36. The standard InChI is InChI=1S/C12H6BrCl2FN2O/c13-8-4-7(16)5-9(14)11(8)18-12(19)6-1-2-17-10(15)3-6/h1-5H,(H,18,19). The SMILES string of the molecule is O=C(Nc1c(Cl)cc(F)cc1Br)c1ccnc(Cl)c1. The average molecular weight is 364 g/mol. The Morgan fingerprint density at radius 2 is 2.05 bits per heavy atom. The smallest absolute Gasteiger partial charge is 0.255 e. The first-order chi connectivity index (χ1) is 8.97. The van der Waals surface area contributed by atoms with Crippen molar-refractivity contribution >= 4 is 50.7 Å². The predicted molar refractivity (Wildman–Crippen MR) is 76.3 cm³/mol. The summed E-state index contributed by atoms with van der Waals surface area (Å²) in [4.78, 5) is 15.8. The molecule has 1 N–H and O–H groups in total. The van der Waals surface area contributed by atoms with Gasteiger partial charge in [0.05, 0.1) is 10.7 Å². The van der Waals surface area contributed by atoms with E-state index in [0.717, 1.165) is 6.07 Å². The third kappa shape index (κ3) is 3.43. The van der Waals surface area contributed by atoms with Gasteiger partial charge in [0, 0.05) is 16.2 Å². The van der Waals surface area contributed by atoms with E-state index in [4.69, 9.17) is 23.2 Å². The molecule has 0 fully saturated rings. The van der Waals surface area contributed by atoms with Crippen LogP contribution in [-0.2, 0) is 0 Å². The van der Waals surface area contributed by atoms with Gasteiger partial charge in [0.25, 0.3) is 5.91 Å². The zero-order valence-corrected chi connectivity index (χ0v) is 12.4. The minimum Gasteiger partial charge on any atom is -0.320 e. The van der Waals surface area contributed by atoms with Crippen LogP contribution in [0.15, 0.2) is 34.9 Å². The van der Waals surface area contributed by atoms with Crippen molar-refractivity contribution in [1.29, 1.82) is 0 Å². The largest absolute Gasteiger partial charge is 0.320 e. The Labute approximate surface area is 126 Å². The molecule has 0 aliphatic heterocycles. The monoisotopic (exact) mass is 362 g/mol. The van der Waals surface area contributed by atoms with Crippen LogP contribution in [0, 0.1) is 5.82 Å². The van der Waals surface area contributed by atoms with Crippen molar-refractivity contribution in [2.24, 2.45) is 0 Å². The molecule has 1 aromatic carbocycles. The minimum atomic E-state index is -0.498. The summed E-state index contributed by atoms with van der Waals surface area (Å²) in [6.07, 6.45) is 1.42. The van der Waals surface area contributed by atoms with E-state index < -0.39 is 11.7 Å². The number of aromatic nitrogens is 1. The van der Waals surface area contributed by atoms with E-state index in [0.29, 0.717) is 15.7 Å². The van der Waals surface area contributed by atoms with Crippen LogP contribution in [-0.4, -0.2) is 10.9 Å². The molecule has 19 heavy (non-hydrogen) atoms. The van der Waals surface area contributed by atoms with Crippen molar-refractivity contribution in [3.05, 3.63) is 56.5 Å². The van der Waals surface area contributed by atoms with Crippen molar-refractivity contribution in [3.63, 3.8) is 0 Å². The molecule has 0 aliphatic rings. The zero-order chi connectivity index (χ0) is 14.0. The lowest BCUT2D eigenvalue weighted by Gasteiger charge is -2.09. The molecule has 1 amide bonds. The maximum absolute atomic E-state index is 13.1. The molecule has 0 aliphatic carbocycles. The van der Waals surface area contributed by atoms with Gasteiger partial charge in [0.1, 0.15) is 11.0 Å². The van der Waals surface area contributed by atoms with Gasteiger partial charge in [-0.2, -0.15) is 0 Å². The highest BCUT2D eigenvalue weighted by molar-refractivity contribution is 9.10. The number of nitrogens with one attached hydrogen (secondary N) is 1. The summed E-state index contributed by atoms with van der Waals surface area (Å²) in [5.74, 6) is -0.916. The molecule has 0 saturated carbocycles. The highest BCUT2D eigenvalue weighted by atomic mass is 79.9. The maximum Gasteiger partial charge on any atom is 0.255 e. The number of benzene rings is 1. The quantitative estimate of drug-likeness (QED) is 0.795. The van der Waals surface area contributed by atoms with Gasteiger partial charge in [0.15, 0.2) is 0 Å². The molecular formula is C12H6BrCl2FN2O. The molecule has 0 bridgehead atoms. The second-order valence-electron chi connectivity index (χ2n) is 3.57. The minimum absolute atomic E-state index is 0.0976. The average Bonchev–Trinajstić information content (AvgIpc) is 2.33. The van der Waals surface area contributed by atoms with Gasteiger partial charge in [-0.15, -0.1) is 0 Å². The number of rotatable bonds is 2. The van der Waals surface area contributed by atoms with Gasteiger partial charge in [-0.05, 0) is 40.2 Å². The van der Waals surface area contributed by atoms with Crippen LogP contribution in [0.3, 0.4) is 0 Å². The van der Waals surface area contributed by atoms with E-state index in [1.165, 1.54) is 24.4 Å². The van der Waals surface area contributed by atoms with E-state index in [1.807, 2.05) is 0 Å². The third-order valence-electron chi connectivity index (χ3n) is 2.23. The number of carbonyl (C=O) groups excluding carboxylic acids is 1. The molecule has 98 valence electrons. The summed E-state index contributed by atoms with van der Waals surface area (Å²) in [6, 6.07) is 5.25. The number of hydrogen-bond acceptors (Lipinski definition) is 2. The summed E-state index contributed by atoms with van der Waals surface area (Å²) >= 11 is 14.7. The molecule has 1 heterocycles. The Hall–Kier alpha value is -1.17. The van der Waals surface area contributed by atoms with Crippen molar-refractivity contribution in [1.82, 2.24) is 4.98 Å². The summed E-state index contributed by atoms with van der Waals surface area (Å²) < 4.78 is 13.4. The molecule has 1 aromatic heterocycles. The molecule has 7 heteroatoms. The lowest BCUT2D eigenvalue weighted by molar-refractivity contribution is 0.102. The van der Waals surface area contributed by atoms with Crippen molar-refractivity contribution in [2.45, 2.75) is 0 Å². The fourth-order valence-corrected chi connectivity index (χ4v) is 2.46. The summed E-state index contributed by atoms with van der Waals surface area (Å²) in [5.41, 5.74) is 0.619. The highest BCUT2D eigenvalue weighted by Gasteiger charge is 2.13. The van der Waals surface area contributed by atoms with Crippen molar-refractivity contribution < 1.29 is 9.18 Å². The van der Waals surface area contributed by atoms with Crippen molar-refractivity contribution in [2.75, 3.05) is 5.32 Å². The molecule has 3 nitrogen and oxygen atoms in total. The number of amides is 1. The molecular weight excluding hydrogens is 358 g/mol. The van der Waals surface area contributed by atoms with E-state index >= 15 is 0 Å². The molecule has 0 atom stereocenters. The number of hydrogen-bond donors (Lipinski definition) is 1. The van der Waals surface area contributed by atoms with Gasteiger partial charge in [-0.1, -0.05) is 23.2 Å². The summed E-state index contributed by atoms with van der Waals surface area (Å²) in [6.45, 7) is 0. The Morgan fingerprint density at radius 3 is 2.68 bits per heavy atom. The van der Waals surface area contributed by atoms with Crippen LogP contribution in [0.25, 0.3) is 0 Å². The molecule has 2 aromatic rings. The van der Waals surface area contributed by atoms with Crippen LogP contribution >= 0.6 is 39.1 Å². The Bertz CT molecular complexity index is 628. The van der Waals surface area contributed by atoms with Gasteiger partial charge in [0.2, 0.25) is 0 Å². The first-order valence-electron chi connectivity index (χ1n) is 5.05. The van der Waals surface area contributed by atoms with Gasteiger partial charge >= 0.3 is 0 Å². The number of carbonyl (C=O) groups is 1. The van der Waals surface area contributed by atoms with Gasteiger partial charge < -0.3 is 5.32 Å². The zero-order valence-electron chi connectivity index (χ0n) is 9.25. The summed E-state index contributed by atoms with van der Waals surface area (Å²) in [7, 11) is 0. The Kier molecular flexibility index (Phi) is 4.39. The number of halogens is 4. The topological polar surface area (TPSA) is 42.0 Å². The van der Waals surface area contributed by atoms with E-state index in [9.17, 15) is 9.18 Å². The van der Waals surface area contributed by atoms with E-state index in [1.54, 1.807) is 0 Å². The molecule has 2 rings (SSSR count). The fourth-order valence-electron chi connectivity index (χ4n) is 1.39. The van der Waals surface area contributed by atoms with Crippen LogP contribution in [0.4, 0.5) is 10.1 Å². The Morgan fingerprint density at radius 1 is 1.32 bits per heavy atom. The summed E-state index contributed by atoms with van der Waals surface area (Å²) in [5, 5.41) is 2.88. The van der Waals surface area contributed by atoms with Crippen LogP contribution < -0.4 is 5.32 Å². The van der Waals surface area contributed by atoms with Crippen molar-refractivity contribution in [3.8, 4) is 0 Å². The molecule has 0 spiro atoms. The first-order valence-corrected chi connectivity index (χ1v) is 6.59. The first kappa shape index (κ1) is 14.2. The maximum atomic E-state index is 13.1. The Balaban J connectivity index is 2.29. The van der Waals surface area contributed by atoms with E-state index in [-0.39, 0.29) is 10.2 Å².